The maximum atomic E-state index is 13.2. The highest BCUT2D eigenvalue weighted by molar-refractivity contribution is 5.96. The normalized spacial score (nSPS) is 11.3. The molecule has 0 spiro atoms. The van der Waals surface area contributed by atoms with E-state index in [9.17, 15) is 4.79 Å². The molecular weight excluding hydrogens is 472 g/mol. The van der Waals surface area contributed by atoms with Gasteiger partial charge in [0.2, 0.25) is 11.7 Å². The van der Waals surface area contributed by atoms with E-state index in [2.05, 4.69) is 20.5 Å². The molecule has 0 N–H and O–H groups in total. The predicted octanol–water partition coefficient (Wildman–Crippen LogP) is 3.91. The average molecular weight is 495 g/mol. The Labute approximate surface area is 210 Å². The Morgan fingerprint density at radius 1 is 0.892 bits per heavy atom. The summed E-state index contributed by atoms with van der Waals surface area (Å²) in [6.45, 7) is 0.656. The quantitative estimate of drug-likeness (QED) is 0.307. The lowest BCUT2D eigenvalue weighted by Crippen LogP contribution is -2.13. The van der Waals surface area contributed by atoms with E-state index in [1.165, 1.54) is 0 Å². The second-order valence-electron chi connectivity index (χ2n) is 8.44. The second-order valence-corrected chi connectivity index (χ2v) is 8.44. The first kappa shape index (κ1) is 22.5. The third kappa shape index (κ3) is 4.08. The van der Waals surface area contributed by atoms with Crippen molar-refractivity contribution in [1.82, 2.24) is 29.7 Å². The second kappa shape index (κ2) is 9.23. The van der Waals surface area contributed by atoms with Crippen LogP contribution < -0.4 is 14.9 Å². The average Bonchev–Trinajstić information content (AvgIpc) is 3.60. The Kier molecular flexibility index (Phi) is 5.61. The first-order valence-corrected chi connectivity index (χ1v) is 11.6. The van der Waals surface area contributed by atoms with E-state index in [1.807, 2.05) is 77.5 Å². The monoisotopic (exact) mass is 494 g/mol. The van der Waals surface area contributed by atoms with Gasteiger partial charge in [0.25, 0.3) is 0 Å². The number of hydrogen-bond acceptors (Lipinski definition) is 8. The highest BCUT2D eigenvalue weighted by atomic mass is 16.5. The summed E-state index contributed by atoms with van der Waals surface area (Å²) < 4.78 is 19.9. The van der Waals surface area contributed by atoms with Gasteiger partial charge < -0.3 is 18.6 Å². The molecular formula is C27H22N6O4. The van der Waals surface area contributed by atoms with E-state index < -0.39 is 0 Å². The van der Waals surface area contributed by atoms with E-state index in [4.69, 9.17) is 14.0 Å². The largest absolute Gasteiger partial charge is 0.497 e. The molecule has 6 aromatic rings. The summed E-state index contributed by atoms with van der Waals surface area (Å²) in [6, 6.07) is 20.4. The van der Waals surface area contributed by atoms with Gasteiger partial charge in [0, 0.05) is 10.9 Å². The number of hydrogen-bond donors (Lipinski definition) is 0. The molecule has 0 aliphatic carbocycles. The van der Waals surface area contributed by atoms with E-state index in [0.717, 1.165) is 16.8 Å². The zero-order valence-electron chi connectivity index (χ0n) is 20.2. The molecule has 10 heteroatoms. The van der Waals surface area contributed by atoms with Gasteiger partial charge in [-0.05, 0) is 48.5 Å². The molecule has 10 nitrogen and oxygen atoms in total. The van der Waals surface area contributed by atoms with Crippen LogP contribution in [0.25, 0.3) is 33.2 Å². The van der Waals surface area contributed by atoms with E-state index in [1.54, 1.807) is 18.9 Å². The summed E-state index contributed by atoms with van der Waals surface area (Å²) >= 11 is 0. The fourth-order valence-corrected chi connectivity index (χ4v) is 4.44. The van der Waals surface area contributed by atoms with Crippen LogP contribution in [0.5, 0.6) is 11.5 Å². The molecule has 0 aliphatic heterocycles. The van der Waals surface area contributed by atoms with Crippen LogP contribution in [0.15, 0.2) is 82.2 Å². The smallest absolute Gasteiger partial charge is 0.248 e. The zero-order chi connectivity index (χ0) is 25.4. The lowest BCUT2D eigenvalue weighted by Gasteiger charge is -2.16. The van der Waals surface area contributed by atoms with Gasteiger partial charge in [-0.25, -0.2) is 4.68 Å². The van der Waals surface area contributed by atoms with Gasteiger partial charge in [-0.15, -0.1) is 5.10 Å². The molecule has 3 heterocycles. The van der Waals surface area contributed by atoms with Gasteiger partial charge in [0.15, 0.2) is 5.43 Å². The molecule has 0 unspecified atom stereocenters. The number of benzene rings is 3. The van der Waals surface area contributed by atoms with Gasteiger partial charge in [0.05, 0.1) is 43.4 Å². The minimum Gasteiger partial charge on any atom is -0.497 e. The molecule has 0 fully saturated rings. The van der Waals surface area contributed by atoms with Crippen LogP contribution in [0.4, 0.5) is 0 Å². The van der Waals surface area contributed by atoms with Crippen LogP contribution in [0.3, 0.4) is 0 Å². The maximum absolute atomic E-state index is 13.2. The third-order valence-electron chi connectivity index (χ3n) is 6.19. The van der Waals surface area contributed by atoms with Gasteiger partial charge in [-0.1, -0.05) is 28.6 Å². The Morgan fingerprint density at radius 2 is 1.70 bits per heavy atom. The summed E-state index contributed by atoms with van der Waals surface area (Å²) in [5, 5.41) is 13.9. The van der Waals surface area contributed by atoms with Gasteiger partial charge in [0.1, 0.15) is 23.7 Å². The number of rotatable bonds is 7. The topological polar surface area (TPSA) is 110 Å². The summed E-state index contributed by atoms with van der Waals surface area (Å²) in [6.07, 6.45) is 1.82. The number of ether oxygens (including phenoxy) is 2. The molecule has 0 radical (unpaired) electrons. The van der Waals surface area contributed by atoms with E-state index in [-0.39, 0.29) is 12.0 Å². The molecule has 0 atom stereocenters. The number of aromatic nitrogens is 6. The molecule has 184 valence electrons. The number of fused-ring (bicyclic) bond motifs is 2. The first-order chi connectivity index (χ1) is 18.1. The molecule has 0 bridgehead atoms. The van der Waals surface area contributed by atoms with Crippen LogP contribution in [0, 0.1) is 0 Å². The van der Waals surface area contributed by atoms with Crippen LogP contribution >= 0.6 is 0 Å². The summed E-state index contributed by atoms with van der Waals surface area (Å²) in [4.78, 5) is 17.6. The van der Waals surface area contributed by atoms with Gasteiger partial charge in [-0.3, -0.25) is 4.79 Å². The molecule has 0 saturated carbocycles. The lowest BCUT2D eigenvalue weighted by molar-refractivity contribution is 0.364. The van der Waals surface area contributed by atoms with Gasteiger partial charge >= 0.3 is 0 Å². The van der Waals surface area contributed by atoms with Crippen molar-refractivity contribution in [2.45, 2.75) is 13.1 Å². The van der Waals surface area contributed by atoms with Crippen molar-refractivity contribution < 1.29 is 14.0 Å². The fraction of sp³-hybridized carbons (Fsp3) is 0.148. The molecule has 0 aliphatic rings. The Morgan fingerprint density at radius 3 is 2.51 bits per heavy atom. The standard InChI is InChI=1S/C27H22N6O4/c1-35-19-12-10-17(11-13-19)27-28-24(37-30-27)16-32-14-18(29-31-32)15-33-22-8-4-3-6-20(22)26(34)21-7-5-9-23(36-2)25(21)33/h3-14H,15-16H2,1-2H3. The number of para-hydroxylation sites is 2. The highest BCUT2D eigenvalue weighted by Crippen LogP contribution is 2.28. The van der Waals surface area contributed by atoms with Crippen molar-refractivity contribution in [3.05, 3.63) is 94.7 Å². The Hall–Kier alpha value is -4.99. The van der Waals surface area contributed by atoms with Crippen LogP contribution in [-0.2, 0) is 13.1 Å². The van der Waals surface area contributed by atoms with Crippen molar-refractivity contribution >= 4 is 21.8 Å². The third-order valence-corrected chi connectivity index (χ3v) is 6.19. The number of pyridine rings is 1. The minimum atomic E-state index is -0.0338. The fourth-order valence-electron chi connectivity index (χ4n) is 4.44. The highest BCUT2D eigenvalue weighted by Gasteiger charge is 2.16. The Balaban J connectivity index is 1.31. The molecule has 37 heavy (non-hydrogen) atoms. The van der Waals surface area contributed by atoms with Crippen molar-refractivity contribution in [3.8, 4) is 22.9 Å². The van der Waals surface area contributed by atoms with E-state index in [0.29, 0.717) is 46.0 Å². The molecule has 3 aromatic heterocycles. The van der Waals surface area contributed by atoms with Crippen LogP contribution in [0.1, 0.15) is 11.6 Å². The molecule has 3 aromatic carbocycles. The summed E-state index contributed by atoms with van der Waals surface area (Å²) in [5.74, 6) is 2.26. The minimum absolute atomic E-state index is 0.0338. The van der Waals surface area contributed by atoms with Crippen LogP contribution in [-0.4, -0.2) is 43.9 Å². The van der Waals surface area contributed by atoms with Crippen LogP contribution in [0.2, 0.25) is 0 Å². The predicted molar refractivity (Wildman–Crippen MR) is 137 cm³/mol. The molecule has 6 rings (SSSR count). The van der Waals surface area contributed by atoms with Crippen molar-refractivity contribution in [3.63, 3.8) is 0 Å². The zero-order valence-corrected chi connectivity index (χ0v) is 20.2. The maximum Gasteiger partial charge on any atom is 0.248 e. The Bertz CT molecular complexity index is 1790. The van der Waals surface area contributed by atoms with Gasteiger partial charge in [-0.2, -0.15) is 4.98 Å². The SMILES string of the molecule is COc1ccc(-c2noc(Cn3cc(Cn4c5ccccc5c(=O)c5cccc(OC)c54)nn3)n2)cc1. The molecule has 0 saturated heterocycles. The van der Waals surface area contributed by atoms with E-state index >= 15 is 0 Å². The summed E-state index contributed by atoms with van der Waals surface area (Å²) in [5.41, 5.74) is 3.00. The number of nitrogens with zero attached hydrogens (tertiary/aromatic N) is 6. The number of methoxy groups -OCH3 is 2. The lowest BCUT2D eigenvalue weighted by atomic mass is 10.1. The van der Waals surface area contributed by atoms with Crippen molar-refractivity contribution in [2.75, 3.05) is 14.2 Å². The summed E-state index contributed by atoms with van der Waals surface area (Å²) in [7, 11) is 3.21. The first-order valence-electron chi connectivity index (χ1n) is 11.6. The molecule has 0 amide bonds. The van der Waals surface area contributed by atoms with Crippen molar-refractivity contribution in [2.24, 2.45) is 0 Å². The van der Waals surface area contributed by atoms with Crippen molar-refractivity contribution in [1.29, 1.82) is 0 Å².